The lowest BCUT2D eigenvalue weighted by atomic mass is 9.84. The van der Waals surface area contributed by atoms with E-state index in [2.05, 4.69) is 61.2 Å². The van der Waals surface area contributed by atoms with Crippen molar-refractivity contribution < 1.29 is 60.2 Å². The van der Waals surface area contributed by atoms with Crippen LogP contribution in [-0.2, 0) is 22.5 Å². The first-order valence-electron chi connectivity index (χ1n) is 24.5. The Morgan fingerprint density at radius 3 is 1.96 bits per heavy atom. The highest BCUT2D eigenvalue weighted by Crippen LogP contribution is 2.44. The Morgan fingerprint density at radius 1 is 0.786 bits per heavy atom. The van der Waals surface area contributed by atoms with Crippen molar-refractivity contribution in [2.45, 2.75) is 183 Å². The van der Waals surface area contributed by atoms with Crippen molar-refractivity contribution in [1.29, 1.82) is 0 Å². The maximum atomic E-state index is 12.2. The van der Waals surface area contributed by atoms with Crippen LogP contribution in [-0.4, -0.2) is 121 Å². The number of aromatic nitrogens is 4. The largest absolute Gasteiger partial charge is 0.507 e. The summed E-state index contributed by atoms with van der Waals surface area (Å²) in [6.07, 6.45) is 6.60. The van der Waals surface area contributed by atoms with Crippen LogP contribution in [0.2, 0.25) is 0 Å². The maximum absolute atomic E-state index is 12.2. The Hall–Kier alpha value is -5.11. The number of hydrogen-bond donors (Lipinski definition) is 10. The van der Waals surface area contributed by atoms with Crippen molar-refractivity contribution in [3.8, 4) is 23.0 Å². The molecule has 18 nitrogen and oxygen atoms in total. The molecule has 0 amide bonds. The number of aliphatic hydroxyl groups is 8. The first-order valence-corrected chi connectivity index (χ1v) is 24.5. The van der Waals surface area contributed by atoms with Gasteiger partial charge < -0.3 is 60.0 Å². The van der Waals surface area contributed by atoms with Crippen LogP contribution in [0.1, 0.15) is 132 Å². The molecule has 0 spiro atoms. The summed E-state index contributed by atoms with van der Waals surface area (Å²) < 4.78 is 12.3. The fourth-order valence-electron chi connectivity index (χ4n) is 8.99. The number of benzene rings is 2. The van der Waals surface area contributed by atoms with Gasteiger partial charge in [0.25, 0.3) is 5.56 Å². The zero-order chi connectivity index (χ0) is 52.4. The van der Waals surface area contributed by atoms with Crippen LogP contribution in [0.25, 0.3) is 22.6 Å². The zero-order valence-corrected chi connectivity index (χ0v) is 42.6. The number of carbonyl (C=O) groups is 1. The number of carbonyl (C=O) groups excluding carboxylic acids is 1. The fraction of sp³-hybridized carbons (Fsp3) is 0.635. The summed E-state index contributed by atoms with van der Waals surface area (Å²) in [5.41, 5.74) is 5.34. The Morgan fingerprint density at radius 2 is 1.39 bits per heavy atom. The molecule has 4 aliphatic rings. The van der Waals surface area contributed by atoms with Gasteiger partial charge in [-0.15, -0.1) is 0 Å². The SMILES string of the molecule is Cc1c(C)c2c(c(C)c1O)CC[C@](C)(CCCC(C)CCC[C@@H](C)CCCC(C)C)O2.Cc1cc2nc3c(=O)[nH]c(=O)nc-3n(CC(O)C(O)C(O)CO)c2cc1C.O=C1O[C@H]([C@@H](O)CO)C(O)=C1O. The van der Waals surface area contributed by atoms with Gasteiger partial charge in [0.05, 0.1) is 30.8 Å². The molecular formula is C52H78N4O14. The van der Waals surface area contributed by atoms with Crippen LogP contribution in [0.15, 0.2) is 33.2 Å². The van der Waals surface area contributed by atoms with Crippen molar-refractivity contribution in [2.24, 2.45) is 17.8 Å². The number of phenols is 1. The Bertz CT molecular complexity index is 2520. The molecule has 0 aliphatic carbocycles. The van der Waals surface area contributed by atoms with Gasteiger partial charge in [0.2, 0.25) is 5.76 Å². The van der Waals surface area contributed by atoms with E-state index < -0.39 is 72.5 Å². The third-order valence-electron chi connectivity index (χ3n) is 13.9. The summed E-state index contributed by atoms with van der Waals surface area (Å²) in [7, 11) is 0. The van der Waals surface area contributed by atoms with E-state index in [1.807, 2.05) is 27.7 Å². The van der Waals surface area contributed by atoms with Gasteiger partial charge in [0, 0.05) is 5.56 Å². The van der Waals surface area contributed by atoms with E-state index in [1.165, 1.54) is 61.5 Å². The Kier molecular flexibility index (Phi) is 20.8. The zero-order valence-electron chi connectivity index (χ0n) is 42.6. The molecule has 70 heavy (non-hydrogen) atoms. The maximum Gasteiger partial charge on any atom is 0.377 e. The minimum absolute atomic E-state index is 0.0516. The normalized spacial score (nSPS) is 19.3. The summed E-state index contributed by atoms with van der Waals surface area (Å²) in [6, 6.07) is 3.53. The molecule has 6 rings (SSSR count). The lowest BCUT2D eigenvalue weighted by Gasteiger charge is -2.38. The van der Waals surface area contributed by atoms with Crippen molar-refractivity contribution in [2.75, 3.05) is 13.2 Å². The molecule has 2 aromatic carbocycles. The number of nitrogens with zero attached hydrogens (tertiary/aromatic N) is 3. The number of cyclic esters (lactones) is 1. The van der Waals surface area contributed by atoms with Crippen molar-refractivity contribution in [1.82, 2.24) is 19.5 Å². The molecule has 2 aromatic rings. The predicted octanol–water partition coefficient (Wildman–Crippen LogP) is 5.71. The number of fused-ring (bicyclic) bond motifs is 3. The van der Waals surface area contributed by atoms with E-state index in [4.69, 9.17) is 30.3 Å². The monoisotopic (exact) mass is 983 g/mol. The number of H-pyrrole nitrogens is 1. The van der Waals surface area contributed by atoms with Crippen molar-refractivity contribution in [3.63, 3.8) is 0 Å². The van der Waals surface area contributed by atoms with Crippen LogP contribution in [0.5, 0.6) is 11.5 Å². The lowest BCUT2D eigenvalue weighted by molar-refractivity contribution is -0.147. The Labute approximate surface area is 410 Å². The number of esters is 1. The molecule has 4 aliphatic heterocycles. The van der Waals surface area contributed by atoms with E-state index in [0.717, 1.165) is 70.6 Å². The van der Waals surface area contributed by atoms with E-state index in [-0.39, 0.29) is 23.7 Å². The fourth-order valence-corrected chi connectivity index (χ4v) is 8.99. The van der Waals surface area contributed by atoms with Gasteiger partial charge >= 0.3 is 11.7 Å². The molecule has 4 heterocycles. The molecule has 0 aromatic heterocycles. The number of hydrogen-bond acceptors (Lipinski definition) is 16. The predicted molar refractivity (Wildman–Crippen MR) is 265 cm³/mol. The topological polar surface area (TPSA) is 298 Å². The molecule has 8 atom stereocenters. The van der Waals surface area contributed by atoms with Crippen LogP contribution in [0.4, 0.5) is 0 Å². The first kappa shape index (κ1) is 57.5. The number of phenolic OH excluding ortho intramolecular Hbond substituents is 1. The quantitative estimate of drug-likeness (QED) is 0.0398. The second kappa shape index (κ2) is 25.3. The van der Waals surface area contributed by atoms with Gasteiger partial charge in [0.15, 0.2) is 23.4 Å². The number of nitrogens with one attached hydrogen (secondary N) is 1. The number of aryl methyl sites for hydroxylation is 2. The van der Waals surface area contributed by atoms with Gasteiger partial charge in [-0.1, -0.05) is 72.6 Å². The van der Waals surface area contributed by atoms with Crippen LogP contribution in [0, 0.1) is 52.4 Å². The van der Waals surface area contributed by atoms with Crippen LogP contribution < -0.4 is 16.0 Å². The highest BCUT2D eigenvalue weighted by Gasteiger charge is 2.39. The standard InChI is InChI=1S/C29H50O2.C17H20N4O6.C6H8O6/c1-20(2)12-9-13-21(3)14-10-15-22(4)16-11-18-29(8)19-17-26-25(7)27(30)23(5)24(6)28(26)31-29;1-7-3-9-10(4-8(7)2)21(5-11(23)14(25)12(24)6-22)15-13(18-9)16(26)20-17(27)19-15;7-1-2(8)5-3(9)4(10)6(11)12-5/h20-22,30H,9-19H2,1-8H3;3-4,11-12,14,22-25H,5-6H2,1-2H3,(H,20,26,27);2,5,7-10H,1H2/t21-,22?,29-;;2-,5+/m0.0/s1. The molecule has 0 radical (unpaired) electrons. The lowest BCUT2D eigenvalue weighted by Crippen LogP contribution is -2.42. The van der Waals surface area contributed by atoms with Crippen LogP contribution in [0.3, 0.4) is 0 Å². The van der Waals surface area contributed by atoms with Gasteiger partial charge in [-0.3, -0.25) is 9.78 Å². The average Bonchev–Trinajstić information content (AvgIpc) is 3.57. The molecule has 0 saturated heterocycles. The van der Waals surface area contributed by atoms with Gasteiger partial charge in [-0.2, -0.15) is 4.98 Å². The number of rotatable bonds is 19. The molecule has 390 valence electrons. The number of aliphatic hydroxyl groups excluding tert-OH is 8. The van der Waals surface area contributed by atoms with Crippen molar-refractivity contribution >= 4 is 17.0 Å². The molecular weight excluding hydrogens is 905 g/mol. The molecule has 10 N–H and O–H groups in total. The first-order chi connectivity index (χ1) is 32.8. The number of aromatic amines is 1. The minimum atomic E-state index is -1.64. The summed E-state index contributed by atoms with van der Waals surface area (Å²) in [5, 5.41) is 84.2. The third kappa shape index (κ3) is 14.5. The number of ether oxygens (including phenoxy) is 2. The molecule has 4 unspecified atom stereocenters. The molecule has 0 fully saturated rings. The molecule has 0 saturated carbocycles. The second-order valence-corrected chi connectivity index (χ2v) is 20.2. The van der Waals surface area contributed by atoms with Gasteiger partial charge in [-0.05, 0) is 125 Å². The van der Waals surface area contributed by atoms with Crippen LogP contribution >= 0.6 is 0 Å². The van der Waals surface area contributed by atoms with Gasteiger partial charge in [-0.25, -0.2) is 14.6 Å². The van der Waals surface area contributed by atoms with E-state index in [9.17, 15) is 34.8 Å². The average molecular weight is 983 g/mol. The second-order valence-electron chi connectivity index (χ2n) is 20.2. The minimum Gasteiger partial charge on any atom is -0.507 e. The van der Waals surface area contributed by atoms with E-state index in [0.29, 0.717) is 16.8 Å². The molecule has 0 bridgehead atoms. The Balaban J connectivity index is 0.000000248. The van der Waals surface area contributed by atoms with E-state index in [1.54, 1.807) is 12.1 Å². The summed E-state index contributed by atoms with van der Waals surface area (Å²) in [4.78, 5) is 44.5. The summed E-state index contributed by atoms with van der Waals surface area (Å²) >= 11 is 0. The number of aromatic hydroxyl groups is 1. The molecule has 18 heteroatoms. The van der Waals surface area contributed by atoms with Gasteiger partial charge in [0.1, 0.15) is 41.5 Å². The third-order valence-corrected chi connectivity index (χ3v) is 13.9. The highest BCUT2D eigenvalue weighted by atomic mass is 16.6. The van der Waals surface area contributed by atoms with Crippen molar-refractivity contribution in [3.05, 3.63) is 77.9 Å². The summed E-state index contributed by atoms with van der Waals surface area (Å²) in [5.74, 6) is 1.20. The summed E-state index contributed by atoms with van der Waals surface area (Å²) in [6.45, 7) is 20.0. The highest BCUT2D eigenvalue weighted by molar-refractivity contribution is 5.89. The smallest absolute Gasteiger partial charge is 0.377 e. The van der Waals surface area contributed by atoms with E-state index >= 15 is 0 Å².